The summed E-state index contributed by atoms with van der Waals surface area (Å²) in [6, 6.07) is 12.7. The Bertz CT molecular complexity index is 561. The molecule has 112 valence electrons. The Balaban J connectivity index is 2.18. The van der Waals surface area contributed by atoms with E-state index in [9.17, 15) is 4.79 Å². The van der Waals surface area contributed by atoms with Crippen LogP contribution in [-0.4, -0.2) is 12.5 Å². The first-order chi connectivity index (χ1) is 10.1. The number of hydrogen-bond donors (Lipinski definition) is 2. The van der Waals surface area contributed by atoms with E-state index < -0.39 is 0 Å². The number of primary amides is 1. The molecule has 2 rings (SSSR count). The molecule has 0 aliphatic heterocycles. The number of hydrogen-bond acceptors (Lipinski definition) is 3. The highest BCUT2D eigenvalue weighted by Gasteiger charge is 2.15. The first-order valence-electron chi connectivity index (χ1n) is 7.20. The van der Waals surface area contributed by atoms with E-state index in [0.29, 0.717) is 5.92 Å². The molecule has 1 heterocycles. The van der Waals surface area contributed by atoms with Crippen molar-refractivity contribution in [2.45, 2.75) is 26.3 Å². The second-order valence-electron chi connectivity index (χ2n) is 5.64. The first kappa shape index (κ1) is 15.7. The van der Waals surface area contributed by atoms with Crippen LogP contribution < -0.4 is 11.1 Å². The first-order valence-corrected chi connectivity index (χ1v) is 8.08. The second-order valence-corrected chi connectivity index (χ2v) is 6.61. The predicted octanol–water partition coefficient (Wildman–Crippen LogP) is 3.11. The molecule has 0 aliphatic rings. The highest BCUT2D eigenvalue weighted by atomic mass is 32.1. The molecule has 0 spiro atoms. The number of nitrogens with one attached hydrogen (secondary N) is 1. The topological polar surface area (TPSA) is 55.1 Å². The van der Waals surface area contributed by atoms with Gasteiger partial charge in [-0.2, -0.15) is 0 Å². The molecule has 21 heavy (non-hydrogen) atoms. The Morgan fingerprint density at radius 2 is 1.95 bits per heavy atom. The van der Waals surface area contributed by atoms with Gasteiger partial charge in [-0.25, -0.2) is 0 Å². The second kappa shape index (κ2) is 7.38. The number of amides is 1. The maximum Gasteiger partial charge on any atom is 0.231 e. The van der Waals surface area contributed by atoms with Crippen molar-refractivity contribution >= 4 is 17.2 Å². The quantitative estimate of drug-likeness (QED) is 0.825. The van der Waals surface area contributed by atoms with Crippen LogP contribution in [0.15, 0.2) is 41.8 Å². The Hall–Kier alpha value is -1.65. The molecule has 0 saturated carbocycles. The third-order valence-corrected chi connectivity index (χ3v) is 4.20. The van der Waals surface area contributed by atoms with E-state index >= 15 is 0 Å². The molecule has 0 saturated heterocycles. The molecule has 0 unspecified atom stereocenters. The number of carbonyl (C=O) groups excluding carboxylic acids is 1. The van der Waals surface area contributed by atoms with Crippen molar-refractivity contribution in [1.29, 1.82) is 0 Å². The van der Waals surface area contributed by atoms with E-state index in [0.717, 1.165) is 12.0 Å². The van der Waals surface area contributed by atoms with E-state index in [4.69, 9.17) is 5.73 Å². The molecule has 1 atom stereocenters. The van der Waals surface area contributed by atoms with Crippen LogP contribution in [0.1, 0.15) is 35.9 Å². The normalized spacial score (nSPS) is 12.5. The van der Waals surface area contributed by atoms with Gasteiger partial charge in [0.25, 0.3) is 0 Å². The van der Waals surface area contributed by atoms with Crippen molar-refractivity contribution in [3.63, 3.8) is 0 Å². The van der Waals surface area contributed by atoms with Crippen molar-refractivity contribution < 1.29 is 4.79 Å². The van der Waals surface area contributed by atoms with Gasteiger partial charge in [0.2, 0.25) is 5.91 Å². The Kier molecular flexibility index (Phi) is 5.53. The van der Waals surface area contributed by atoms with Crippen LogP contribution >= 0.6 is 11.3 Å². The molecule has 1 aromatic heterocycles. The molecule has 0 aliphatic carbocycles. The van der Waals surface area contributed by atoms with Gasteiger partial charge in [-0.3, -0.25) is 10.1 Å². The smallest absolute Gasteiger partial charge is 0.231 e. The van der Waals surface area contributed by atoms with Crippen molar-refractivity contribution in [2.75, 3.05) is 6.54 Å². The summed E-state index contributed by atoms with van der Waals surface area (Å²) in [4.78, 5) is 12.2. The minimum Gasteiger partial charge on any atom is -0.369 e. The lowest BCUT2D eigenvalue weighted by atomic mass is 9.99. The van der Waals surface area contributed by atoms with Crippen LogP contribution in [0, 0.1) is 5.92 Å². The van der Waals surface area contributed by atoms with Crippen LogP contribution in [-0.2, 0) is 11.2 Å². The monoisotopic (exact) mass is 302 g/mol. The van der Waals surface area contributed by atoms with Crippen LogP contribution in [0.3, 0.4) is 0 Å². The summed E-state index contributed by atoms with van der Waals surface area (Å²) >= 11 is 1.68. The zero-order chi connectivity index (χ0) is 15.2. The Morgan fingerprint density at radius 1 is 1.24 bits per heavy atom. The highest BCUT2D eigenvalue weighted by Crippen LogP contribution is 2.26. The predicted molar refractivity (Wildman–Crippen MR) is 88.3 cm³/mol. The lowest BCUT2D eigenvalue weighted by molar-refractivity contribution is -0.117. The molecule has 0 radical (unpaired) electrons. The van der Waals surface area contributed by atoms with Gasteiger partial charge in [0.05, 0.1) is 12.6 Å². The summed E-state index contributed by atoms with van der Waals surface area (Å²) in [5.41, 5.74) is 7.75. The summed E-state index contributed by atoms with van der Waals surface area (Å²) in [7, 11) is 0. The summed E-state index contributed by atoms with van der Waals surface area (Å²) in [5, 5.41) is 5.28. The molecule has 0 bridgehead atoms. The molecule has 3 N–H and O–H groups in total. The fourth-order valence-electron chi connectivity index (χ4n) is 2.36. The number of nitrogens with two attached hydrogens (primary N) is 1. The molecular weight excluding hydrogens is 280 g/mol. The van der Waals surface area contributed by atoms with Crippen molar-refractivity contribution in [3.8, 4) is 0 Å². The number of rotatable bonds is 7. The minimum atomic E-state index is -0.340. The lowest BCUT2D eigenvalue weighted by Crippen LogP contribution is -2.31. The third kappa shape index (κ3) is 4.69. The van der Waals surface area contributed by atoms with E-state index in [1.165, 1.54) is 10.4 Å². The summed E-state index contributed by atoms with van der Waals surface area (Å²) in [5.74, 6) is 0.310. The van der Waals surface area contributed by atoms with Gasteiger partial charge in [0, 0.05) is 4.88 Å². The lowest BCUT2D eigenvalue weighted by Gasteiger charge is -2.18. The van der Waals surface area contributed by atoms with Gasteiger partial charge in [0.1, 0.15) is 0 Å². The van der Waals surface area contributed by atoms with E-state index in [-0.39, 0.29) is 18.5 Å². The van der Waals surface area contributed by atoms with E-state index in [2.05, 4.69) is 49.5 Å². The molecule has 1 amide bonds. The molecule has 1 aromatic carbocycles. The van der Waals surface area contributed by atoms with Gasteiger partial charge >= 0.3 is 0 Å². The summed E-state index contributed by atoms with van der Waals surface area (Å²) < 4.78 is 0. The van der Waals surface area contributed by atoms with Crippen molar-refractivity contribution in [1.82, 2.24) is 5.32 Å². The highest BCUT2D eigenvalue weighted by molar-refractivity contribution is 7.10. The van der Waals surface area contributed by atoms with Crippen LogP contribution in [0.4, 0.5) is 0 Å². The van der Waals surface area contributed by atoms with Gasteiger partial charge in [-0.15, -0.1) is 11.3 Å². The van der Waals surface area contributed by atoms with Gasteiger partial charge in [-0.1, -0.05) is 44.2 Å². The molecule has 3 nitrogen and oxygen atoms in total. The Labute approximate surface area is 130 Å². The zero-order valence-corrected chi connectivity index (χ0v) is 13.3. The SMILES string of the molecule is CC(C)Cc1ccc([C@H](NCC(N)=O)c2cccs2)cc1. The number of carbonyl (C=O) groups is 1. The standard InChI is InChI=1S/C17H22N2OS/c1-12(2)10-13-5-7-14(8-6-13)17(19-11-16(18)20)15-4-3-9-21-15/h3-9,12,17,19H,10-11H2,1-2H3,(H2,18,20)/t17-/m0/s1. The minimum absolute atomic E-state index is 0.0191. The molecule has 4 heteroatoms. The van der Waals surface area contributed by atoms with Gasteiger partial charge in [0.15, 0.2) is 0 Å². The summed E-state index contributed by atoms with van der Waals surface area (Å²) in [6.07, 6.45) is 1.08. The maximum atomic E-state index is 11.0. The average molecular weight is 302 g/mol. The fourth-order valence-corrected chi connectivity index (χ4v) is 3.19. The summed E-state index contributed by atoms with van der Waals surface area (Å²) in [6.45, 7) is 4.61. The Morgan fingerprint density at radius 3 is 2.48 bits per heavy atom. The zero-order valence-electron chi connectivity index (χ0n) is 12.5. The van der Waals surface area contributed by atoms with Crippen LogP contribution in [0.25, 0.3) is 0 Å². The largest absolute Gasteiger partial charge is 0.369 e. The fraction of sp³-hybridized carbons (Fsp3) is 0.353. The maximum absolute atomic E-state index is 11.0. The molecule has 0 fully saturated rings. The third-order valence-electron chi connectivity index (χ3n) is 3.27. The number of benzene rings is 1. The average Bonchev–Trinajstić information content (AvgIpc) is 2.94. The van der Waals surface area contributed by atoms with Crippen LogP contribution in [0.2, 0.25) is 0 Å². The molecule has 2 aromatic rings. The molecular formula is C17H22N2OS. The van der Waals surface area contributed by atoms with Crippen molar-refractivity contribution in [3.05, 3.63) is 57.8 Å². The van der Waals surface area contributed by atoms with Crippen LogP contribution in [0.5, 0.6) is 0 Å². The van der Waals surface area contributed by atoms with Gasteiger partial charge in [-0.05, 0) is 34.9 Å². The van der Waals surface area contributed by atoms with Gasteiger partial charge < -0.3 is 5.73 Å². The van der Waals surface area contributed by atoms with Crippen molar-refractivity contribution in [2.24, 2.45) is 11.7 Å². The van der Waals surface area contributed by atoms with E-state index in [1.807, 2.05) is 11.4 Å². The number of thiophene rings is 1. The van der Waals surface area contributed by atoms with E-state index in [1.54, 1.807) is 11.3 Å².